The summed E-state index contributed by atoms with van der Waals surface area (Å²) in [4.78, 5) is 1.69. The zero-order chi connectivity index (χ0) is 16.0. The first-order valence-electron chi connectivity index (χ1n) is 7.78. The Morgan fingerprint density at radius 3 is 2.19 bits per heavy atom. The van der Waals surface area contributed by atoms with Crippen molar-refractivity contribution in [1.29, 1.82) is 0 Å². The van der Waals surface area contributed by atoms with Gasteiger partial charge in [0.25, 0.3) is 0 Å². The van der Waals surface area contributed by atoms with E-state index in [9.17, 15) is 8.78 Å². The Kier molecular flexibility index (Phi) is 7.09. The minimum Gasteiger partial charge on any atom is -0.367 e. The molecule has 2 nitrogen and oxygen atoms in total. The zero-order valence-corrected chi connectivity index (χ0v) is 13.8. The van der Waals surface area contributed by atoms with E-state index in [2.05, 4.69) is 26.1 Å². The van der Waals surface area contributed by atoms with Gasteiger partial charge >= 0.3 is 0 Å². The zero-order valence-electron chi connectivity index (χ0n) is 13.8. The summed E-state index contributed by atoms with van der Waals surface area (Å²) >= 11 is 0. The Bertz CT molecular complexity index is 423. The van der Waals surface area contributed by atoms with Crippen LogP contribution in [0.2, 0.25) is 0 Å². The number of nitrogens with zero attached hydrogens (tertiary/aromatic N) is 1. The van der Waals surface area contributed by atoms with Gasteiger partial charge in [-0.05, 0) is 43.5 Å². The third-order valence-corrected chi connectivity index (χ3v) is 3.68. The van der Waals surface area contributed by atoms with Crippen LogP contribution >= 0.6 is 0 Å². The van der Waals surface area contributed by atoms with Gasteiger partial charge in [0, 0.05) is 19.6 Å². The second-order valence-corrected chi connectivity index (χ2v) is 6.18. The highest BCUT2D eigenvalue weighted by Gasteiger charge is 2.18. The Balaban J connectivity index is 2.84. The molecule has 1 atom stereocenters. The van der Waals surface area contributed by atoms with Gasteiger partial charge in [-0.15, -0.1) is 0 Å². The molecule has 0 aliphatic rings. The Morgan fingerprint density at radius 2 is 1.71 bits per heavy atom. The van der Waals surface area contributed by atoms with E-state index in [1.165, 1.54) is 12.1 Å². The van der Waals surface area contributed by atoms with Gasteiger partial charge in [0.05, 0.1) is 0 Å². The van der Waals surface area contributed by atoms with Gasteiger partial charge in [-0.25, -0.2) is 8.78 Å². The highest BCUT2D eigenvalue weighted by molar-refractivity contribution is 5.50. The Morgan fingerprint density at radius 1 is 1.14 bits per heavy atom. The van der Waals surface area contributed by atoms with Crippen molar-refractivity contribution in [3.05, 3.63) is 29.3 Å². The van der Waals surface area contributed by atoms with Crippen LogP contribution in [0.1, 0.15) is 46.1 Å². The molecule has 0 radical (unpaired) electrons. The van der Waals surface area contributed by atoms with E-state index < -0.39 is 11.6 Å². The van der Waals surface area contributed by atoms with Crippen molar-refractivity contribution in [2.45, 2.75) is 53.1 Å². The average Bonchev–Trinajstić information content (AvgIpc) is 2.37. The summed E-state index contributed by atoms with van der Waals surface area (Å²) in [5.41, 5.74) is 0.717. The third-order valence-electron chi connectivity index (χ3n) is 3.68. The van der Waals surface area contributed by atoms with Gasteiger partial charge in [-0.2, -0.15) is 0 Å². The molecule has 21 heavy (non-hydrogen) atoms. The predicted molar refractivity (Wildman–Crippen MR) is 85.7 cm³/mol. The molecule has 1 rings (SSSR count). The fraction of sp³-hybridized carbons (Fsp3) is 0.647. The molecule has 0 bridgehead atoms. The van der Waals surface area contributed by atoms with Crippen LogP contribution < -0.4 is 10.2 Å². The summed E-state index contributed by atoms with van der Waals surface area (Å²) in [7, 11) is 1.75. The number of hydrogen-bond donors (Lipinski definition) is 1. The van der Waals surface area contributed by atoms with Crippen LogP contribution in [0.15, 0.2) is 12.1 Å². The van der Waals surface area contributed by atoms with E-state index in [4.69, 9.17) is 0 Å². The molecule has 0 spiro atoms. The molecule has 0 aromatic heterocycles. The first kappa shape index (κ1) is 17.9. The van der Waals surface area contributed by atoms with Crippen LogP contribution in [0.3, 0.4) is 0 Å². The molecule has 0 aliphatic carbocycles. The first-order chi connectivity index (χ1) is 9.86. The van der Waals surface area contributed by atoms with Crippen LogP contribution in [0.4, 0.5) is 14.5 Å². The standard InChI is InChI=1S/C17H28F2N2/c1-6-7-13(4)21(5)17-15(18)8-14(9-16(17)19)11-20-10-12(2)3/h8-9,12-13,20H,6-7,10-11H2,1-5H3. The summed E-state index contributed by atoms with van der Waals surface area (Å²) in [6.07, 6.45) is 1.90. The first-order valence-corrected chi connectivity index (χ1v) is 7.78. The number of halogens is 2. The Labute approximate surface area is 127 Å². The maximum atomic E-state index is 14.2. The molecular formula is C17H28F2N2. The van der Waals surface area contributed by atoms with Crippen molar-refractivity contribution in [3.8, 4) is 0 Å². The summed E-state index contributed by atoms with van der Waals surface area (Å²) in [5.74, 6) is -0.455. The highest BCUT2D eigenvalue weighted by atomic mass is 19.1. The monoisotopic (exact) mass is 298 g/mol. The van der Waals surface area contributed by atoms with Gasteiger partial charge in [0.15, 0.2) is 0 Å². The number of rotatable bonds is 8. The van der Waals surface area contributed by atoms with Crippen molar-refractivity contribution in [3.63, 3.8) is 0 Å². The molecule has 1 unspecified atom stereocenters. The lowest BCUT2D eigenvalue weighted by Gasteiger charge is -2.27. The van der Waals surface area contributed by atoms with Gasteiger partial charge in [0.1, 0.15) is 17.3 Å². The minimum absolute atomic E-state index is 0.0727. The topological polar surface area (TPSA) is 15.3 Å². The average molecular weight is 298 g/mol. The molecule has 0 saturated heterocycles. The SMILES string of the molecule is CCCC(C)N(C)c1c(F)cc(CNCC(C)C)cc1F. The number of benzene rings is 1. The van der Waals surface area contributed by atoms with Crippen molar-refractivity contribution in [1.82, 2.24) is 5.32 Å². The summed E-state index contributed by atoms with van der Waals surface area (Å²) < 4.78 is 28.5. The van der Waals surface area contributed by atoms with Crippen LogP contribution in [-0.2, 0) is 6.54 Å². The van der Waals surface area contributed by atoms with E-state index in [1.54, 1.807) is 11.9 Å². The van der Waals surface area contributed by atoms with Crippen LogP contribution in [-0.4, -0.2) is 19.6 Å². The number of nitrogens with one attached hydrogen (secondary N) is 1. The van der Waals surface area contributed by atoms with E-state index in [0.29, 0.717) is 18.0 Å². The molecule has 0 aliphatic heterocycles. The van der Waals surface area contributed by atoms with E-state index >= 15 is 0 Å². The second-order valence-electron chi connectivity index (χ2n) is 6.18. The molecule has 4 heteroatoms. The molecule has 1 aromatic rings. The smallest absolute Gasteiger partial charge is 0.149 e. The normalized spacial score (nSPS) is 12.8. The molecule has 0 saturated carbocycles. The second kappa shape index (κ2) is 8.32. The van der Waals surface area contributed by atoms with Gasteiger partial charge in [0.2, 0.25) is 0 Å². The molecule has 1 aromatic carbocycles. The van der Waals surface area contributed by atoms with Crippen LogP contribution in [0.5, 0.6) is 0 Å². The van der Waals surface area contributed by atoms with Gasteiger partial charge in [-0.3, -0.25) is 0 Å². The van der Waals surface area contributed by atoms with Crippen molar-refractivity contribution < 1.29 is 8.78 Å². The van der Waals surface area contributed by atoms with Crippen LogP contribution in [0.25, 0.3) is 0 Å². The minimum atomic E-state index is -0.484. The maximum absolute atomic E-state index is 14.2. The van der Waals surface area contributed by atoms with Crippen molar-refractivity contribution in [2.75, 3.05) is 18.5 Å². The van der Waals surface area contributed by atoms with E-state index in [-0.39, 0.29) is 11.7 Å². The molecule has 0 amide bonds. The van der Waals surface area contributed by atoms with Gasteiger partial charge < -0.3 is 10.2 Å². The van der Waals surface area contributed by atoms with E-state index in [0.717, 1.165) is 19.4 Å². The fourth-order valence-corrected chi connectivity index (χ4v) is 2.39. The molecule has 120 valence electrons. The lowest BCUT2D eigenvalue weighted by Crippen LogP contribution is -2.30. The van der Waals surface area contributed by atoms with E-state index in [1.807, 2.05) is 6.92 Å². The van der Waals surface area contributed by atoms with Crippen molar-refractivity contribution in [2.24, 2.45) is 5.92 Å². The third kappa shape index (κ3) is 5.27. The highest BCUT2D eigenvalue weighted by Crippen LogP contribution is 2.26. The number of hydrogen-bond acceptors (Lipinski definition) is 2. The van der Waals surface area contributed by atoms with Crippen molar-refractivity contribution >= 4 is 5.69 Å². The largest absolute Gasteiger partial charge is 0.367 e. The Hall–Kier alpha value is -1.16. The van der Waals surface area contributed by atoms with Crippen LogP contribution in [0, 0.1) is 17.6 Å². The summed E-state index contributed by atoms with van der Waals surface area (Å²) in [6.45, 7) is 9.57. The molecule has 0 fully saturated rings. The number of anilines is 1. The predicted octanol–water partition coefficient (Wildman–Crippen LogP) is 4.34. The molecule has 1 N–H and O–H groups in total. The lowest BCUT2D eigenvalue weighted by atomic mass is 10.1. The molecule has 0 heterocycles. The molecular weight excluding hydrogens is 270 g/mol. The fourth-order valence-electron chi connectivity index (χ4n) is 2.39. The summed E-state index contributed by atoms with van der Waals surface area (Å²) in [5, 5.41) is 3.20. The van der Waals surface area contributed by atoms with Gasteiger partial charge in [-0.1, -0.05) is 27.2 Å². The maximum Gasteiger partial charge on any atom is 0.149 e. The summed E-state index contributed by atoms with van der Waals surface area (Å²) in [6, 6.07) is 2.98. The quantitative estimate of drug-likeness (QED) is 0.768. The lowest BCUT2D eigenvalue weighted by molar-refractivity contribution is 0.533.